The molecular weight excluding hydrogens is 342 g/mol. The Hall–Kier alpha value is -0.280. The molecule has 1 rings (SSSR count). The first kappa shape index (κ1) is 17.8. The van der Waals surface area contributed by atoms with Gasteiger partial charge in [0.25, 0.3) is 0 Å². The predicted molar refractivity (Wildman–Crippen MR) is 82.3 cm³/mol. The smallest absolute Gasteiger partial charge is 0.212 e. The van der Waals surface area contributed by atoms with Gasteiger partial charge in [0, 0.05) is 27.4 Å². The number of halogens is 1. The van der Waals surface area contributed by atoms with Crippen LogP contribution in [-0.2, 0) is 19.1 Å². The third-order valence-electron chi connectivity index (χ3n) is 2.11. The maximum atomic E-state index is 12.2. The van der Waals surface area contributed by atoms with Crippen molar-refractivity contribution in [3.05, 3.63) is 24.3 Å². The molecule has 1 N–H and O–H groups in total. The molecule has 1 aromatic rings. The highest BCUT2D eigenvalue weighted by atomic mass is 35.7. The van der Waals surface area contributed by atoms with Crippen LogP contribution >= 0.6 is 22.4 Å². The Bertz CT molecular complexity index is 656. The molecule has 0 saturated heterocycles. The Morgan fingerprint density at radius 3 is 2.35 bits per heavy atom. The standard InChI is InChI=1S/C11H16ClNO4S3/c1-9(2)13-20(16,17)11-6-4-3-5-10(11)18-7-8-19(12,14)15/h3-6,9,13H,7-8H2,1-2H3. The summed E-state index contributed by atoms with van der Waals surface area (Å²) < 4.78 is 48.5. The summed E-state index contributed by atoms with van der Waals surface area (Å²) >= 11 is 1.15. The summed E-state index contributed by atoms with van der Waals surface area (Å²) in [7, 11) is -2.06. The monoisotopic (exact) mass is 357 g/mol. The number of hydrogen-bond donors (Lipinski definition) is 1. The quantitative estimate of drug-likeness (QED) is 0.596. The van der Waals surface area contributed by atoms with Gasteiger partial charge in [0.05, 0.1) is 10.6 Å². The molecule has 0 atom stereocenters. The fourth-order valence-corrected chi connectivity index (χ4v) is 5.56. The van der Waals surface area contributed by atoms with Crippen LogP contribution in [0.2, 0.25) is 0 Å². The predicted octanol–water partition coefficient (Wildman–Crippen LogP) is 2.03. The van der Waals surface area contributed by atoms with Crippen molar-refractivity contribution in [3.8, 4) is 0 Å². The van der Waals surface area contributed by atoms with Crippen LogP contribution in [-0.4, -0.2) is 34.4 Å². The van der Waals surface area contributed by atoms with Gasteiger partial charge < -0.3 is 0 Å². The summed E-state index contributed by atoms with van der Waals surface area (Å²) in [5.74, 6) is -0.0226. The Balaban J connectivity index is 2.94. The van der Waals surface area contributed by atoms with E-state index in [-0.39, 0.29) is 22.4 Å². The fraction of sp³-hybridized carbons (Fsp3) is 0.455. The number of sulfonamides is 1. The highest BCUT2D eigenvalue weighted by molar-refractivity contribution is 8.14. The molecule has 0 aromatic heterocycles. The van der Waals surface area contributed by atoms with E-state index in [9.17, 15) is 16.8 Å². The molecule has 0 radical (unpaired) electrons. The fourth-order valence-electron chi connectivity index (χ4n) is 1.42. The summed E-state index contributed by atoms with van der Waals surface area (Å²) in [6, 6.07) is 6.23. The van der Waals surface area contributed by atoms with E-state index >= 15 is 0 Å². The summed E-state index contributed by atoms with van der Waals surface area (Å²) in [6.45, 7) is 3.46. The van der Waals surface area contributed by atoms with E-state index in [1.807, 2.05) is 0 Å². The van der Waals surface area contributed by atoms with E-state index in [4.69, 9.17) is 10.7 Å². The molecule has 0 heterocycles. The highest BCUT2D eigenvalue weighted by Crippen LogP contribution is 2.26. The maximum Gasteiger partial charge on any atom is 0.241 e. The Morgan fingerprint density at radius 1 is 1.20 bits per heavy atom. The second-order valence-corrected chi connectivity index (χ2v) is 10.0. The van der Waals surface area contributed by atoms with Crippen molar-refractivity contribution in [3.63, 3.8) is 0 Å². The van der Waals surface area contributed by atoms with Crippen molar-refractivity contribution < 1.29 is 16.8 Å². The van der Waals surface area contributed by atoms with E-state index in [2.05, 4.69) is 4.72 Å². The largest absolute Gasteiger partial charge is 0.241 e. The van der Waals surface area contributed by atoms with Gasteiger partial charge in [-0.15, -0.1) is 11.8 Å². The normalized spacial score (nSPS) is 12.8. The van der Waals surface area contributed by atoms with Crippen molar-refractivity contribution in [2.45, 2.75) is 29.7 Å². The Labute approximate surface area is 128 Å². The summed E-state index contributed by atoms with van der Waals surface area (Å²) in [5.41, 5.74) is 0. The van der Waals surface area contributed by atoms with E-state index in [1.54, 1.807) is 32.0 Å². The second kappa shape index (κ2) is 7.13. The van der Waals surface area contributed by atoms with Crippen LogP contribution in [0.25, 0.3) is 0 Å². The van der Waals surface area contributed by atoms with Gasteiger partial charge in [-0.05, 0) is 26.0 Å². The molecule has 0 unspecified atom stereocenters. The molecule has 5 nitrogen and oxygen atoms in total. The topological polar surface area (TPSA) is 80.3 Å². The van der Waals surface area contributed by atoms with Crippen molar-refractivity contribution >= 4 is 41.5 Å². The first-order chi connectivity index (χ1) is 9.12. The maximum absolute atomic E-state index is 12.2. The van der Waals surface area contributed by atoms with E-state index in [0.717, 1.165) is 11.8 Å². The Kier molecular flexibility index (Phi) is 6.33. The van der Waals surface area contributed by atoms with Crippen molar-refractivity contribution in [1.29, 1.82) is 0 Å². The molecule has 0 fully saturated rings. The van der Waals surface area contributed by atoms with Gasteiger partial charge in [0.2, 0.25) is 19.1 Å². The number of nitrogens with one attached hydrogen (secondary N) is 1. The number of thioether (sulfide) groups is 1. The number of hydrogen-bond acceptors (Lipinski definition) is 5. The average Bonchev–Trinajstić information content (AvgIpc) is 2.26. The molecule has 0 amide bonds. The summed E-state index contributed by atoms with van der Waals surface area (Å²) in [4.78, 5) is 0.645. The summed E-state index contributed by atoms with van der Waals surface area (Å²) in [5, 5.41) is 0. The van der Waals surface area contributed by atoms with Gasteiger partial charge in [-0.25, -0.2) is 21.6 Å². The van der Waals surface area contributed by atoms with Gasteiger partial charge in [0.15, 0.2) is 0 Å². The van der Waals surface area contributed by atoms with Gasteiger partial charge in [-0.2, -0.15) is 0 Å². The SMILES string of the molecule is CC(C)NS(=O)(=O)c1ccccc1SCCS(=O)(=O)Cl. The molecular formula is C11H16ClNO4S3. The van der Waals surface area contributed by atoms with Gasteiger partial charge in [-0.1, -0.05) is 12.1 Å². The second-order valence-electron chi connectivity index (χ2n) is 4.31. The van der Waals surface area contributed by atoms with Gasteiger partial charge in [0.1, 0.15) is 0 Å². The van der Waals surface area contributed by atoms with Crippen LogP contribution in [0.1, 0.15) is 13.8 Å². The van der Waals surface area contributed by atoms with Crippen LogP contribution in [0, 0.1) is 0 Å². The lowest BCUT2D eigenvalue weighted by atomic mass is 10.4. The molecule has 0 spiro atoms. The zero-order chi connectivity index (χ0) is 15.4. The van der Waals surface area contributed by atoms with Crippen LogP contribution in [0.5, 0.6) is 0 Å². The van der Waals surface area contributed by atoms with Crippen molar-refractivity contribution in [2.24, 2.45) is 0 Å². The molecule has 0 bridgehead atoms. The Morgan fingerprint density at radius 2 is 1.80 bits per heavy atom. The van der Waals surface area contributed by atoms with E-state index in [1.165, 1.54) is 6.07 Å². The third-order valence-corrected chi connectivity index (χ3v) is 6.45. The van der Waals surface area contributed by atoms with Crippen LogP contribution in [0.3, 0.4) is 0 Å². The van der Waals surface area contributed by atoms with Gasteiger partial charge >= 0.3 is 0 Å². The molecule has 0 aliphatic carbocycles. The third kappa shape index (κ3) is 6.01. The van der Waals surface area contributed by atoms with Gasteiger partial charge in [-0.3, -0.25) is 0 Å². The minimum Gasteiger partial charge on any atom is -0.212 e. The highest BCUT2D eigenvalue weighted by Gasteiger charge is 2.19. The molecule has 1 aromatic carbocycles. The van der Waals surface area contributed by atoms with Crippen LogP contribution in [0.15, 0.2) is 34.1 Å². The first-order valence-corrected chi connectivity index (χ1v) is 10.7. The zero-order valence-electron chi connectivity index (χ0n) is 11.0. The lowest BCUT2D eigenvalue weighted by Gasteiger charge is -2.12. The van der Waals surface area contributed by atoms with E-state index < -0.39 is 19.1 Å². The molecule has 20 heavy (non-hydrogen) atoms. The number of benzene rings is 1. The lowest BCUT2D eigenvalue weighted by molar-refractivity contribution is 0.568. The lowest BCUT2D eigenvalue weighted by Crippen LogP contribution is -2.30. The van der Waals surface area contributed by atoms with E-state index in [0.29, 0.717) is 4.90 Å². The molecule has 0 saturated carbocycles. The van der Waals surface area contributed by atoms with Crippen LogP contribution in [0.4, 0.5) is 0 Å². The molecule has 9 heteroatoms. The van der Waals surface area contributed by atoms with Crippen molar-refractivity contribution in [2.75, 3.05) is 11.5 Å². The van der Waals surface area contributed by atoms with Crippen molar-refractivity contribution in [1.82, 2.24) is 4.72 Å². The minimum atomic E-state index is -3.61. The zero-order valence-corrected chi connectivity index (χ0v) is 14.2. The molecule has 0 aliphatic rings. The molecule has 0 aliphatic heterocycles. The minimum absolute atomic E-state index is 0.144. The number of rotatable bonds is 7. The summed E-state index contributed by atoms with van der Waals surface area (Å²) in [6.07, 6.45) is 0. The molecule has 114 valence electrons. The van der Waals surface area contributed by atoms with Crippen LogP contribution < -0.4 is 4.72 Å². The average molecular weight is 358 g/mol. The first-order valence-electron chi connectivity index (χ1n) is 5.78.